The van der Waals surface area contributed by atoms with E-state index in [0.717, 1.165) is 10.5 Å². The van der Waals surface area contributed by atoms with Gasteiger partial charge in [0, 0.05) is 17.9 Å². The first-order valence-corrected chi connectivity index (χ1v) is 12.1. The lowest BCUT2D eigenvalue weighted by Crippen LogP contribution is -2.28. The molecule has 2 amide bonds. The summed E-state index contributed by atoms with van der Waals surface area (Å²) in [4.78, 5) is 25.1. The molecule has 1 aliphatic rings. The number of hydrogen-bond donors (Lipinski definition) is 2. The molecule has 1 atom stereocenters. The van der Waals surface area contributed by atoms with Crippen LogP contribution in [0.3, 0.4) is 0 Å². The van der Waals surface area contributed by atoms with Gasteiger partial charge in [0.05, 0.1) is 28.7 Å². The van der Waals surface area contributed by atoms with Crippen LogP contribution in [0, 0.1) is 0 Å². The van der Waals surface area contributed by atoms with Crippen LogP contribution < -0.4 is 15.4 Å². The van der Waals surface area contributed by atoms with E-state index in [2.05, 4.69) is 10.6 Å². The molecule has 0 unspecified atom stereocenters. The molecule has 2 aromatic carbocycles. The van der Waals surface area contributed by atoms with Crippen molar-refractivity contribution in [3.05, 3.63) is 48.0 Å². The summed E-state index contributed by atoms with van der Waals surface area (Å²) in [6.07, 6.45) is 0.545. The van der Waals surface area contributed by atoms with Gasteiger partial charge in [-0.05, 0) is 42.3 Å². The number of fused-ring (bicyclic) bond motifs is 1. The third kappa shape index (κ3) is 5.34. The number of sulfone groups is 1. The van der Waals surface area contributed by atoms with Gasteiger partial charge in [0.1, 0.15) is 5.75 Å². The fourth-order valence-corrected chi connectivity index (χ4v) is 5.29. The highest BCUT2D eigenvalue weighted by Crippen LogP contribution is 2.38. The third-order valence-electron chi connectivity index (χ3n) is 4.72. The van der Waals surface area contributed by atoms with Crippen LogP contribution in [0.25, 0.3) is 0 Å². The fourth-order valence-electron chi connectivity index (χ4n) is 3.01. The molecule has 0 spiro atoms. The Morgan fingerprint density at radius 2 is 2.03 bits per heavy atom. The van der Waals surface area contributed by atoms with Crippen LogP contribution in [0.1, 0.15) is 25.3 Å². The lowest BCUT2D eigenvalue weighted by molar-refractivity contribution is -0.121. The molecule has 0 saturated carbocycles. The summed E-state index contributed by atoms with van der Waals surface area (Å²) in [6, 6.07) is 12.0. The minimum atomic E-state index is -3.66. The van der Waals surface area contributed by atoms with Crippen LogP contribution in [0.5, 0.6) is 5.75 Å². The van der Waals surface area contributed by atoms with Gasteiger partial charge in [-0.25, -0.2) is 8.42 Å². The van der Waals surface area contributed by atoms with E-state index in [-0.39, 0.29) is 40.7 Å². The Morgan fingerprint density at radius 1 is 1.23 bits per heavy atom. The SMILES string of the molecule is CC[C@H]1Sc2ccc(S(=O)(=O)CCC(=O)NCc3cccc(OC)c3)cc2NC1=O. The Morgan fingerprint density at radius 3 is 2.77 bits per heavy atom. The molecule has 3 rings (SSSR count). The molecular formula is C21H24N2O5S2. The van der Waals surface area contributed by atoms with E-state index in [9.17, 15) is 18.0 Å². The first kappa shape index (κ1) is 22.2. The standard InChI is InChI=1S/C21H24N2O5S2/c1-3-18-21(25)23-17-12-16(7-8-19(17)29-18)30(26,27)10-9-20(24)22-13-14-5-4-6-15(11-14)28-2/h4-8,11-12,18H,3,9-10,13H2,1-2H3,(H,22,24)(H,23,25)/t18-/m1/s1. The first-order valence-electron chi connectivity index (χ1n) is 9.56. The number of methoxy groups -OCH3 is 1. The first-order chi connectivity index (χ1) is 14.3. The fraction of sp³-hybridized carbons (Fsp3) is 0.333. The normalized spacial score (nSPS) is 15.8. The summed E-state index contributed by atoms with van der Waals surface area (Å²) in [5.74, 6) is -0.100. The molecule has 0 fully saturated rings. The molecule has 1 aliphatic heterocycles. The summed E-state index contributed by atoms with van der Waals surface area (Å²) >= 11 is 1.43. The maximum atomic E-state index is 12.7. The Kier molecular flexibility index (Phi) is 7.04. The van der Waals surface area contributed by atoms with Crippen LogP contribution in [0.2, 0.25) is 0 Å². The Labute approximate surface area is 180 Å². The molecule has 1 heterocycles. The maximum Gasteiger partial charge on any atom is 0.237 e. The number of rotatable bonds is 8. The lowest BCUT2D eigenvalue weighted by Gasteiger charge is -2.23. The molecule has 0 saturated heterocycles. The molecule has 9 heteroatoms. The number of hydrogen-bond acceptors (Lipinski definition) is 6. The number of carbonyl (C=O) groups excluding carboxylic acids is 2. The summed E-state index contributed by atoms with van der Waals surface area (Å²) < 4.78 is 30.5. The van der Waals surface area contributed by atoms with Gasteiger partial charge in [-0.2, -0.15) is 0 Å². The van der Waals surface area contributed by atoms with Crippen LogP contribution >= 0.6 is 11.8 Å². The third-order valence-corrected chi connectivity index (χ3v) is 7.88. The van der Waals surface area contributed by atoms with Crippen molar-refractivity contribution in [2.24, 2.45) is 0 Å². The predicted octanol–water partition coefficient (Wildman–Crippen LogP) is 3.00. The van der Waals surface area contributed by atoms with E-state index in [4.69, 9.17) is 4.74 Å². The number of nitrogens with one attached hydrogen (secondary N) is 2. The van der Waals surface area contributed by atoms with Crippen LogP contribution in [0.15, 0.2) is 52.3 Å². The van der Waals surface area contributed by atoms with Gasteiger partial charge in [-0.1, -0.05) is 19.1 Å². The monoisotopic (exact) mass is 448 g/mol. The van der Waals surface area contributed by atoms with Crippen molar-refractivity contribution in [1.29, 1.82) is 0 Å². The summed E-state index contributed by atoms with van der Waals surface area (Å²) in [6.45, 7) is 2.22. The number of carbonyl (C=O) groups is 2. The van der Waals surface area contributed by atoms with Gasteiger partial charge in [0.15, 0.2) is 9.84 Å². The van der Waals surface area contributed by atoms with Gasteiger partial charge in [-0.15, -0.1) is 11.8 Å². The Hall–Kier alpha value is -2.52. The van der Waals surface area contributed by atoms with Crippen LogP contribution in [-0.2, 0) is 26.0 Å². The zero-order valence-corrected chi connectivity index (χ0v) is 18.4. The van der Waals surface area contributed by atoms with Gasteiger partial charge >= 0.3 is 0 Å². The highest BCUT2D eigenvalue weighted by molar-refractivity contribution is 8.01. The van der Waals surface area contributed by atoms with E-state index in [1.54, 1.807) is 25.3 Å². The minimum Gasteiger partial charge on any atom is -0.497 e. The van der Waals surface area contributed by atoms with Gasteiger partial charge < -0.3 is 15.4 Å². The van der Waals surface area contributed by atoms with E-state index < -0.39 is 9.84 Å². The summed E-state index contributed by atoms with van der Waals surface area (Å²) in [5.41, 5.74) is 1.36. The van der Waals surface area contributed by atoms with Crippen LogP contribution in [-0.4, -0.2) is 38.3 Å². The van der Waals surface area contributed by atoms with Crippen molar-refractivity contribution in [3.63, 3.8) is 0 Å². The molecule has 2 aromatic rings. The Bertz CT molecular complexity index is 1050. The highest BCUT2D eigenvalue weighted by Gasteiger charge is 2.27. The summed E-state index contributed by atoms with van der Waals surface area (Å²) in [5, 5.41) is 5.32. The van der Waals surface area contributed by atoms with E-state index >= 15 is 0 Å². The highest BCUT2D eigenvalue weighted by atomic mass is 32.2. The van der Waals surface area contributed by atoms with E-state index in [1.165, 1.54) is 23.9 Å². The largest absolute Gasteiger partial charge is 0.497 e. The number of amides is 2. The number of thioether (sulfide) groups is 1. The van der Waals surface area contributed by atoms with Crippen molar-refractivity contribution in [3.8, 4) is 5.75 Å². The molecule has 7 nitrogen and oxygen atoms in total. The van der Waals surface area contributed by atoms with E-state index in [1.807, 2.05) is 19.1 Å². The molecular weight excluding hydrogens is 424 g/mol. The second-order valence-electron chi connectivity index (χ2n) is 6.86. The average molecular weight is 449 g/mol. The molecule has 30 heavy (non-hydrogen) atoms. The Balaban J connectivity index is 1.59. The van der Waals surface area contributed by atoms with Crippen LogP contribution in [0.4, 0.5) is 5.69 Å². The zero-order valence-electron chi connectivity index (χ0n) is 16.8. The molecule has 2 N–H and O–H groups in total. The van der Waals surface area contributed by atoms with E-state index in [0.29, 0.717) is 17.9 Å². The topological polar surface area (TPSA) is 102 Å². The second-order valence-corrected chi connectivity index (χ2v) is 10.2. The second kappa shape index (κ2) is 9.53. The average Bonchev–Trinajstić information content (AvgIpc) is 2.75. The lowest BCUT2D eigenvalue weighted by atomic mass is 10.2. The van der Waals surface area contributed by atoms with Gasteiger partial charge in [0.25, 0.3) is 0 Å². The number of benzene rings is 2. The molecule has 0 radical (unpaired) electrons. The van der Waals surface area contributed by atoms with Crippen molar-refractivity contribution in [2.45, 2.75) is 41.4 Å². The molecule has 0 aromatic heterocycles. The minimum absolute atomic E-state index is 0.0951. The number of anilines is 1. The summed E-state index contributed by atoms with van der Waals surface area (Å²) in [7, 11) is -2.10. The maximum absolute atomic E-state index is 12.7. The number of ether oxygens (including phenoxy) is 1. The predicted molar refractivity (Wildman–Crippen MR) is 117 cm³/mol. The smallest absolute Gasteiger partial charge is 0.237 e. The van der Waals surface area contributed by atoms with Gasteiger partial charge in [-0.3, -0.25) is 9.59 Å². The van der Waals surface area contributed by atoms with Crippen molar-refractivity contribution in [2.75, 3.05) is 18.2 Å². The molecule has 0 aliphatic carbocycles. The molecule has 160 valence electrons. The van der Waals surface area contributed by atoms with Gasteiger partial charge in [0.2, 0.25) is 11.8 Å². The van der Waals surface area contributed by atoms with Crippen molar-refractivity contribution >= 4 is 39.1 Å². The van der Waals surface area contributed by atoms with Crippen molar-refractivity contribution < 1.29 is 22.7 Å². The zero-order chi connectivity index (χ0) is 21.7. The quantitative estimate of drug-likeness (QED) is 0.644. The van der Waals surface area contributed by atoms with Crippen molar-refractivity contribution in [1.82, 2.24) is 5.32 Å². The molecule has 0 bridgehead atoms.